The van der Waals surface area contributed by atoms with E-state index in [1.807, 2.05) is 41.2 Å². The number of anilines is 2. The van der Waals surface area contributed by atoms with E-state index in [1.54, 1.807) is 24.3 Å². The highest BCUT2D eigenvalue weighted by Crippen LogP contribution is 2.32. The van der Waals surface area contributed by atoms with E-state index < -0.39 is 6.10 Å². The number of hydrogen-bond acceptors (Lipinski definition) is 7. The molecule has 8 nitrogen and oxygen atoms in total. The Morgan fingerprint density at radius 2 is 1.98 bits per heavy atom. The van der Waals surface area contributed by atoms with Crippen LogP contribution in [0.15, 0.2) is 85.5 Å². The summed E-state index contributed by atoms with van der Waals surface area (Å²) < 4.78 is 21.3. The Hall–Kier alpha value is -4.02. The van der Waals surface area contributed by atoms with Crippen molar-refractivity contribution in [2.75, 3.05) is 25.0 Å². The lowest BCUT2D eigenvalue weighted by atomic mass is 10.1. The number of rotatable bonds is 10. The van der Waals surface area contributed by atoms with Crippen LogP contribution in [-0.4, -0.2) is 56.3 Å². The molecule has 0 radical (unpaired) electrons. The second-order valence-electron chi connectivity index (χ2n) is 10.7. The lowest BCUT2D eigenvalue weighted by Crippen LogP contribution is -2.34. The molecule has 1 fully saturated rings. The van der Waals surface area contributed by atoms with Crippen molar-refractivity contribution in [1.29, 1.82) is 0 Å². The molecule has 0 aliphatic carbocycles. The number of benzene rings is 3. The molecular weight excluding hydrogens is 555 g/mol. The number of likely N-dealkylation sites (tertiary alicyclic amines) is 1. The van der Waals surface area contributed by atoms with E-state index in [9.17, 15) is 9.50 Å². The number of hydrogen-bond donors (Lipinski definition) is 3. The molecular formula is C32H32ClFN6O2. The molecule has 42 heavy (non-hydrogen) atoms. The molecule has 1 aliphatic rings. The van der Waals surface area contributed by atoms with Crippen molar-refractivity contribution in [3.05, 3.63) is 102 Å². The van der Waals surface area contributed by atoms with Gasteiger partial charge in [-0.1, -0.05) is 29.8 Å². The summed E-state index contributed by atoms with van der Waals surface area (Å²) in [7, 11) is 0. The number of aliphatic hydroxyl groups excluding tert-OH is 1. The predicted molar refractivity (Wildman–Crippen MR) is 163 cm³/mol. The van der Waals surface area contributed by atoms with Crippen molar-refractivity contribution < 1.29 is 14.2 Å². The standard InChI is InChI=1S/C32H32ClFN6O2/c33-29-14-26(5-7-31(29)42-19-21-2-1-3-24(34)12-21)38-32-28-13-22(4-6-30(28)36-20-37-32)23-8-10-39(15-23)17-27(41)18-40-11-9-25(35)16-40/h1-8,10,12-15,20,25,27,41H,9,11,16-19,35H2,(H,36,37,38)/t25-,27?/m1/s1. The second-order valence-corrected chi connectivity index (χ2v) is 11.1. The van der Waals surface area contributed by atoms with Gasteiger partial charge in [-0.05, 0) is 78.2 Å². The molecule has 2 atom stereocenters. The van der Waals surface area contributed by atoms with Gasteiger partial charge < -0.3 is 25.5 Å². The van der Waals surface area contributed by atoms with E-state index in [-0.39, 0.29) is 18.5 Å². The van der Waals surface area contributed by atoms with Gasteiger partial charge in [0.05, 0.1) is 16.6 Å². The Morgan fingerprint density at radius 3 is 2.79 bits per heavy atom. The van der Waals surface area contributed by atoms with E-state index >= 15 is 0 Å². The fraction of sp³-hybridized carbons (Fsp3) is 0.250. The molecule has 216 valence electrons. The van der Waals surface area contributed by atoms with Crippen LogP contribution in [0.5, 0.6) is 5.75 Å². The Labute approximate surface area is 248 Å². The molecule has 1 saturated heterocycles. The van der Waals surface area contributed by atoms with Gasteiger partial charge in [0.2, 0.25) is 0 Å². The summed E-state index contributed by atoms with van der Waals surface area (Å²) in [5.41, 5.74) is 10.3. The Kier molecular flexibility index (Phi) is 8.34. The quantitative estimate of drug-likeness (QED) is 0.196. The van der Waals surface area contributed by atoms with Crippen LogP contribution < -0.4 is 15.8 Å². The molecule has 1 aliphatic heterocycles. The van der Waals surface area contributed by atoms with Gasteiger partial charge in [-0.15, -0.1) is 0 Å². The van der Waals surface area contributed by atoms with Crippen LogP contribution in [0, 0.1) is 5.82 Å². The van der Waals surface area contributed by atoms with Crippen molar-refractivity contribution >= 4 is 34.0 Å². The van der Waals surface area contributed by atoms with Gasteiger partial charge in [-0.25, -0.2) is 14.4 Å². The highest BCUT2D eigenvalue weighted by Gasteiger charge is 2.21. The number of fused-ring (bicyclic) bond motifs is 1. The van der Waals surface area contributed by atoms with Crippen molar-refractivity contribution in [1.82, 2.24) is 19.4 Å². The Balaban J connectivity index is 1.15. The fourth-order valence-electron chi connectivity index (χ4n) is 5.31. The largest absolute Gasteiger partial charge is 0.487 e. The number of halogens is 2. The van der Waals surface area contributed by atoms with Gasteiger partial charge in [-0.3, -0.25) is 4.90 Å². The average molecular weight is 587 g/mol. The molecule has 3 heterocycles. The van der Waals surface area contributed by atoms with Gasteiger partial charge >= 0.3 is 0 Å². The minimum atomic E-state index is -0.471. The number of nitrogens with one attached hydrogen (secondary N) is 1. The summed E-state index contributed by atoms with van der Waals surface area (Å²) in [4.78, 5) is 11.1. The average Bonchev–Trinajstić information content (AvgIpc) is 3.61. The SMILES string of the molecule is N[C@@H]1CCN(CC(O)Cn2ccc(-c3ccc4ncnc(Nc5ccc(OCc6cccc(F)c6)c(Cl)c5)c4c3)c2)C1. The van der Waals surface area contributed by atoms with Gasteiger partial charge in [0.1, 0.15) is 30.3 Å². The van der Waals surface area contributed by atoms with Crippen molar-refractivity contribution in [2.45, 2.75) is 31.7 Å². The molecule has 0 bridgehead atoms. The monoisotopic (exact) mass is 586 g/mol. The molecule has 10 heteroatoms. The highest BCUT2D eigenvalue weighted by atomic mass is 35.5. The third-order valence-corrected chi connectivity index (χ3v) is 7.69. The van der Waals surface area contributed by atoms with Crippen molar-refractivity contribution in [3.8, 4) is 16.9 Å². The fourth-order valence-corrected chi connectivity index (χ4v) is 5.54. The second kappa shape index (κ2) is 12.5. The maximum absolute atomic E-state index is 13.5. The molecule has 1 unspecified atom stereocenters. The summed E-state index contributed by atoms with van der Waals surface area (Å²) in [5, 5.41) is 15.2. The first-order valence-electron chi connectivity index (χ1n) is 13.9. The molecule has 2 aromatic heterocycles. The topological polar surface area (TPSA) is 101 Å². The van der Waals surface area contributed by atoms with Crippen LogP contribution in [0.1, 0.15) is 12.0 Å². The van der Waals surface area contributed by atoms with E-state index in [0.717, 1.165) is 52.8 Å². The molecule has 4 N–H and O–H groups in total. The summed E-state index contributed by atoms with van der Waals surface area (Å²) >= 11 is 6.51. The van der Waals surface area contributed by atoms with Crippen LogP contribution >= 0.6 is 11.6 Å². The number of nitrogens with zero attached hydrogens (tertiary/aromatic N) is 4. The maximum Gasteiger partial charge on any atom is 0.141 e. The van der Waals surface area contributed by atoms with Gasteiger partial charge in [0, 0.05) is 49.1 Å². The van der Waals surface area contributed by atoms with Gasteiger partial charge in [-0.2, -0.15) is 0 Å². The van der Waals surface area contributed by atoms with E-state index in [4.69, 9.17) is 22.1 Å². The first-order chi connectivity index (χ1) is 20.4. The van der Waals surface area contributed by atoms with Crippen LogP contribution in [0.4, 0.5) is 15.9 Å². The lowest BCUT2D eigenvalue weighted by molar-refractivity contribution is 0.109. The summed E-state index contributed by atoms with van der Waals surface area (Å²) in [5.74, 6) is 0.835. The normalized spacial score (nSPS) is 16.1. The molecule has 0 spiro atoms. The molecule has 3 aromatic carbocycles. The minimum Gasteiger partial charge on any atom is -0.487 e. The van der Waals surface area contributed by atoms with Crippen LogP contribution in [0.25, 0.3) is 22.0 Å². The van der Waals surface area contributed by atoms with Crippen LogP contribution in [-0.2, 0) is 13.2 Å². The van der Waals surface area contributed by atoms with Gasteiger partial charge in [0.25, 0.3) is 0 Å². The van der Waals surface area contributed by atoms with E-state index in [2.05, 4.69) is 26.3 Å². The summed E-state index contributed by atoms with van der Waals surface area (Å²) in [6, 6.07) is 20.0. The van der Waals surface area contributed by atoms with Gasteiger partial charge in [0.15, 0.2) is 0 Å². The number of ether oxygens (including phenoxy) is 1. The van der Waals surface area contributed by atoms with E-state index in [1.165, 1.54) is 18.5 Å². The first kappa shape index (κ1) is 28.1. The Morgan fingerprint density at radius 1 is 1.07 bits per heavy atom. The first-order valence-corrected chi connectivity index (χ1v) is 14.3. The van der Waals surface area contributed by atoms with Crippen molar-refractivity contribution in [3.63, 3.8) is 0 Å². The summed E-state index contributed by atoms with van der Waals surface area (Å²) in [6.45, 7) is 3.11. The lowest BCUT2D eigenvalue weighted by Gasteiger charge is -2.20. The predicted octanol–water partition coefficient (Wildman–Crippen LogP) is 5.61. The zero-order valence-electron chi connectivity index (χ0n) is 23.0. The number of nitrogens with two attached hydrogens (primary N) is 1. The zero-order chi connectivity index (χ0) is 29.1. The number of aromatic nitrogens is 3. The number of aliphatic hydroxyl groups is 1. The zero-order valence-corrected chi connectivity index (χ0v) is 23.7. The molecule has 5 aromatic rings. The maximum atomic E-state index is 13.5. The van der Waals surface area contributed by atoms with Crippen molar-refractivity contribution in [2.24, 2.45) is 5.73 Å². The molecule has 6 rings (SSSR count). The third-order valence-electron chi connectivity index (χ3n) is 7.40. The minimum absolute atomic E-state index is 0.204. The Bertz CT molecular complexity index is 1700. The van der Waals surface area contributed by atoms with E-state index in [0.29, 0.717) is 29.7 Å². The molecule has 0 saturated carbocycles. The van der Waals surface area contributed by atoms with Crippen LogP contribution in [0.3, 0.4) is 0 Å². The van der Waals surface area contributed by atoms with Crippen LogP contribution in [0.2, 0.25) is 5.02 Å². The molecule has 0 amide bonds. The third kappa shape index (κ3) is 6.71. The smallest absolute Gasteiger partial charge is 0.141 e. The number of β-amino-alcohol motifs (C(OH)–C–C–N with tert-alkyl or cyclic N) is 1. The highest BCUT2D eigenvalue weighted by molar-refractivity contribution is 6.32. The summed E-state index contributed by atoms with van der Waals surface area (Å²) in [6.07, 6.45) is 6.06.